The monoisotopic (exact) mass is 306 g/mol. The standard InChI is InChI=1S/C16H23ClN4/c1-2-20-10-5-8-16(9-11-20)12-19-15(18)21(16)14-7-4-3-6-13(14)17/h3-4,6-7H,2,5,8-12H2,1H3,(H2,18,19). The fourth-order valence-corrected chi connectivity index (χ4v) is 3.78. The summed E-state index contributed by atoms with van der Waals surface area (Å²) < 4.78 is 0. The van der Waals surface area contributed by atoms with Gasteiger partial charge in [-0.1, -0.05) is 30.7 Å². The highest BCUT2D eigenvalue weighted by atomic mass is 35.5. The van der Waals surface area contributed by atoms with E-state index in [-0.39, 0.29) is 5.54 Å². The summed E-state index contributed by atoms with van der Waals surface area (Å²) in [4.78, 5) is 9.24. The number of likely N-dealkylation sites (tertiary alicyclic amines) is 1. The molecule has 1 spiro atoms. The summed E-state index contributed by atoms with van der Waals surface area (Å²) in [5, 5.41) is 0.744. The zero-order valence-electron chi connectivity index (χ0n) is 12.6. The van der Waals surface area contributed by atoms with Crippen molar-refractivity contribution in [2.75, 3.05) is 31.1 Å². The number of benzene rings is 1. The Morgan fingerprint density at radius 3 is 2.86 bits per heavy atom. The van der Waals surface area contributed by atoms with Gasteiger partial charge in [0.2, 0.25) is 0 Å². The Hall–Kier alpha value is -1.26. The highest BCUT2D eigenvalue weighted by Crippen LogP contribution is 2.39. The molecule has 3 rings (SSSR count). The Bertz CT molecular complexity index is 545. The van der Waals surface area contributed by atoms with E-state index in [0.29, 0.717) is 5.96 Å². The fourth-order valence-electron chi connectivity index (χ4n) is 3.56. The van der Waals surface area contributed by atoms with Crippen molar-refractivity contribution in [2.24, 2.45) is 10.7 Å². The Kier molecular flexibility index (Phi) is 4.09. The average Bonchev–Trinajstić information content (AvgIpc) is 2.68. The van der Waals surface area contributed by atoms with Crippen LogP contribution in [0, 0.1) is 0 Å². The van der Waals surface area contributed by atoms with Gasteiger partial charge >= 0.3 is 0 Å². The first-order valence-corrected chi connectivity index (χ1v) is 8.11. The van der Waals surface area contributed by atoms with Crippen LogP contribution in [0.5, 0.6) is 0 Å². The van der Waals surface area contributed by atoms with Gasteiger partial charge < -0.3 is 15.5 Å². The molecule has 1 unspecified atom stereocenters. The van der Waals surface area contributed by atoms with E-state index in [1.165, 1.54) is 6.42 Å². The first-order valence-electron chi connectivity index (χ1n) is 7.73. The highest BCUT2D eigenvalue weighted by Gasteiger charge is 2.44. The molecule has 1 aromatic carbocycles. The van der Waals surface area contributed by atoms with Crippen molar-refractivity contribution in [3.8, 4) is 0 Å². The zero-order chi connectivity index (χ0) is 14.9. The molecule has 2 heterocycles. The summed E-state index contributed by atoms with van der Waals surface area (Å²) in [6, 6.07) is 7.93. The van der Waals surface area contributed by atoms with Crippen molar-refractivity contribution >= 4 is 23.2 Å². The second-order valence-corrected chi connectivity index (χ2v) is 6.38. The Morgan fingerprint density at radius 2 is 2.10 bits per heavy atom. The van der Waals surface area contributed by atoms with E-state index in [1.807, 2.05) is 24.3 Å². The number of hydrogen-bond donors (Lipinski definition) is 1. The van der Waals surface area contributed by atoms with Crippen LogP contribution in [0.2, 0.25) is 5.02 Å². The molecular weight excluding hydrogens is 284 g/mol. The van der Waals surface area contributed by atoms with Gasteiger partial charge in [-0.15, -0.1) is 0 Å². The molecule has 0 amide bonds. The summed E-state index contributed by atoms with van der Waals surface area (Å²) in [5.41, 5.74) is 7.20. The maximum Gasteiger partial charge on any atom is 0.196 e. The predicted molar refractivity (Wildman–Crippen MR) is 89.1 cm³/mol. The van der Waals surface area contributed by atoms with Crippen LogP contribution < -0.4 is 10.6 Å². The number of anilines is 1. The van der Waals surface area contributed by atoms with Gasteiger partial charge in [-0.3, -0.25) is 4.99 Å². The largest absolute Gasteiger partial charge is 0.369 e. The average molecular weight is 307 g/mol. The summed E-state index contributed by atoms with van der Waals surface area (Å²) in [5.74, 6) is 0.605. The number of nitrogens with two attached hydrogens (primary N) is 1. The van der Waals surface area contributed by atoms with Crippen molar-refractivity contribution in [2.45, 2.75) is 31.7 Å². The van der Waals surface area contributed by atoms with Crippen LogP contribution in [-0.2, 0) is 0 Å². The lowest BCUT2D eigenvalue weighted by atomic mass is 9.89. The third-order valence-corrected chi connectivity index (χ3v) is 5.11. The third kappa shape index (κ3) is 2.62. The van der Waals surface area contributed by atoms with Gasteiger partial charge in [-0.25, -0.2) is 0 Å². The maximum atomic E-state index is 6.41. The van der Waals surface area contributed by atoms with Gasteiger partial charge in [0.15, 0.2) is 5.96 Å². The lowest BCUT2D eigenvalue weighted by Gasteiger charge is -2.39. The van der Waals surface area contributed by atoms with E-state index in [4.69, 9.17) is 17.3 Å². The molecule has 1 aromatic rings. The molecule has 5 heteroatoms. The zero-order valence-corrected chi connectivity index (χ0v) is 13.3. The van der Waals surface area contributed by atoms with Crippen LogP contribution in [0.1, 0.15) is 26.2 Å². The number of guanidine groups is 1. The minimum atomic E-state index is -0.000995. The summed E-state index contributed by atoms with van der Waals surface area (Å²) >= 11 is 6.41. The van der Waals surface area contributed by atoms with Gasteiger partial charge in [0.1, 0.15) is 0 Å². The van der Waals surface area contributed by atoms with Crippen LogP contribution in [0.15, 0.2) is 29.3 Å². The van der Waals surface area contributed by atoms with Crippen molar-refractivity contribution in [1.29, 1.82) is 0 Å². The SMILES string of the molecule is CCN1CCCC2(CC1)CN=C(N)N2c1ccccc1Cl. The molecule has 1 fully saturated rings. The molecule has 0 bridgehead atoms. The smallest absolute Gasteiger partial charge is 0.196 e. The molecule has 2 aliphatic heterocycles. The predicted octanol–water partition coefficient (Wildman–Crippen LogP) is 2.72. The summed E-state index contributed by atoms with van der Waals surface area (Å²) in [6.45, 7) is 6.37. The molecule has 0 saturated carbocycles. The van der Waals surface area contributed by atoms with E-state index >= 15 is 0 Å². The number of para-hydroxylation sites is 1. The molecule has 114 valence electrons. The van der Waals surface area contributed by atoms with Crippen LogP contribution in [0.4, 0.5) is 5.69 Å². The van der Waals surface area contributed by atoms with Crippen molar-refractivity contribution < 1.29 is 0 Å². The summed E-state index contributed by atoms with van der Waals surface area (Å²) in [6.07, 6.45) is 3.37. The van der Waals surface area contributed by atoms with Crippen molar-refractivity contribution in [3.63, 3.8) is 0 Å². The van der Waals surface area contributed by atoms with Crippen LogP contribution >= 0.6 is 11.6 Å². The van der Waals surface area contributed by atoms with Gasteiger partial charge in [-0.05, 0) is 44.5 Å². The number of halogens is 1. The lowest BCUT2D eigenvalue weighted by molar-refractivity contribution is 0.292. The number of nitrogens with zero attached hydrogens (tertiary/aromatic N) is 3. The first kappa shape index (κ1) is 14.7. The molecule has 0 aromatic heterocycles. The fraction of sp³-hybridized carbons (Fsp3) is 0.562. The quantitative estimate of drug-likeness (QED) is 0.914. The third-order valence-electron chi connectivity index (χ3n) is 4.79. The van der Waals surface area contributed by atoms with Gasteiger partial charge in [-0.2, -0.15) is 0 Å². The van der Waals surface area contributed by atoms with E-state index in [9.17, 15) is 0 Å². The number of rotatable bonds is 2. The Balaban J connectivity index is 1.93. The molecule has 4 nitrogen and oxygen atoms in total. The Morgan fingerprint density at radius 1 is 1.29 bits per heavy atom. The Labute approximate surface area is 131 Å². The van der Waals surface area contributed by atoms with Gasteiger partial charge in [0.25, 0.3) is 0 Å². The van der Waals surface area contributed by atoms with Gasteiger partial charge in [0, 0.05) is 6.54 Å². The highest BCUT2D eigenvalue weighted by molar-refractivity contribution is 6.34. The van der Waals surface area contributed by atoms with E-state index in [0.717, 1.165) is 49.7 Å². The molecule has 21 heavy (non-hydrogen) atoms. The van der Waals surface area contributed by atoms with Crippen LogP contribution in [0.25, 0.3) is 0 Å². The summed E-state index contributed by atoms with van der Waals surface area (Å²) in [7, 11) is 0. The second kappa shape index (κ2) is 5.85. The van der Waals surface area contributed by atoms with Crippen molar-refractivity contribution in [1.82, 2.24) is 4.90 Å². The van der Waals surface area contributed by atoms with Crippen molar-refractivity contribution in [3.05, 3.63) is 29.3 Å². The topological polar surface area (TPSA) is 44.9 Å². The van der Waals surface area contributed by atoms with Crippen LogP contribution in [-0.4, -0.2) is 42.6 Å². The van der Waals surface area contributed by atoms with E-state index in [1.54, 1.807) is 0 Å². The minimum Gasteiger partial charge on any atom is -0.369 e. The lowest BCUT2D eigenvalue weighted by Crippen LogP contribution is -2.52. The van der Waals surface area contributed by atoms with Gasteiger partial charge in [0.05, 0.1) is 22.8 Å². The molecule has 0 aliphatic carbocycles. The van der Waals surface area contributed by atoms with E-state index < -0.39 is 0 Å². The molecule has 1 saturated heterocycles. The molecule has 1 atom stereocenters. The normalized spacial score (nSPS) is 27.0. The number of hydrogen-bond acceptors (Lipinski definition) is 4. The molecule has 2 N–H and O–H groups in total. The minimum absolute atomic E-state index is 0.000995. The maximum absolute atomic E-state index is 6.41. The molecular formula is C16H23ClN4. The molecule has 0 radical (unpaired) electrons. The molecule has 2 aliphatic rings. The van der Waals surface area contributed by atoms with Crippen LogP contribution in [0.3, 0.4) is 0 Å². The number of aliphatic imine (C=N–C) groups is 1. The second-order valence-electron chi connectivity index (χ2n) is 5.97. The van der Waals surface area contributed by atoms with E-state index in [2.05, 4.69) is 21.7 Å². The first-order chi connectivity index (χ1) is 10.2.